The Morgan fingerprint density at radius 3 is 2.62 bits per heavy atom. The third kappa shape index (κ3) is 5.10. The third-order valence-electron chi connectivity index (χ3n) is 6.01. The Bertz CT molecular complexity index is 1070. The Kier molecular flexibility index (Phi) is 6.88. The van der Waals surface area contributed by atoms with E-state index in [2.05, 4.69) is 10.3 Å². The Morgan fingerprint density at radius 1 is 1.28 bits per heavy atom. The van der Waals surface area contributed by atoms with E-state index in [1.807, 2.05) is 20.8 Å². The molecule has 2 atom stereocenters. The molecule has 2 aromatic rings. The average molecular weight is 459 g/mol. The lowest BCUT2D eigenvalue weighted by Gasteiger charge is -2.37. The summed E-state index contributed by atoms with van der Waals surface area (Å²) >= 11 is 6.27. The summed E-state index contributed by atoms with van der Waals surface area (Å²) in [6, 6.07) is 10.6. The van der Waals surface area contributed by atoms with E-state index in [4.69, 9.17) is 17.3 Å². The Hall–Kier alpha value is -2.93. The maximum absolute atomic E-state index is 13.5. The molecule has 0 spiro atoms. The van der Waals surface area contributed by atoms with Crippen molar-refractivity contribution in [1.82, 2.24) is 10.2 Å². The summed E-state index contributed by atoms with van der Waals surface area (Å²) in [5.74, 6) is -0.555. The summed E-state index contributed by atoms with van der Waals surface area (Å²) in [5.41, 5.74) is 7.18. The lowest BCUT2D eigenvalue weighted by Crippen LogP contribution is -2.51. The molecule has 3 N–H and O–H groups in total. The molecule has 0 saturated heterocycles. The van der Waals surface area contributed by atoms with Crippen molar-refractivity contribution in [3.63, 3.8) is 0 Å². The average Bonchev–Trinajstić information content (AvgIpc) is 2.71. The molecule has 1 heterocycles. The second-order valence-electron chi connectivity index (χ2n) is 8.70. The fourth-order valence-corrected chi connectivity index (χ4v) is 3.76. The summed E-state index contributed by atoms with van der Waals surface area (Å²) in [6.45, 7) is 7.88. The monoisotopic (exact) mass is 458 g/mol. The molecule has 0 saturated carbocycles. The van der Waals surface area contributed by atoms with Crippen LogP contribution in [0.1, 0.15) is 61.6 Å². The van der Waals surface area contributed by atoms with Crippen molar-refractivity contribution in [3.05, 3.63) is 70.0 Å². The van der Waals surface area contributed by atoms with Crippen LogP contribution in [0.15, 0.2) is 47.5 Å². The molecule has 0 radical (unpaired) electrons. The molecule has 1 aliphatic rings. The minimum absolute atomic E-state index is 0.116. The molecule has 2 amide bonds. The third-order valence-corrected chi connectivity index (χ3v) is 6.34. The lowest BCUT2D eigenvalue weighted by atomic mass is 9.84. The maximum Gasteiger partial charge on any atom is 0.253 e. The highest BCUT2D eigenvalue weighted by Gasteiger charge is 2.38. The molecule has 8 heteroatoms. The minimum atomic E-state index is -0.532. The van der Waals surface area contributed by atoms with Gasteiger partial charge in [0.05, 0.1) is 35.1 Å². The number of benzene rings is 2. The quantitative estimate of drug-likeness (QED) is 0.671. The van der Waals surface area contributed by atoms with Gasteiger partial charge in [0.15, 0.2) is 5.96 Å². The highest BCUT2D eigenvalue weighted by atomic mass is 35.5. The number of guanidine groups is 1. The number of rotatable bonds is 6. The number of halogens is 2. The second-order valence-corrected chi connectivity index (χ2v) is 9.11. The number of hydrogen-bond acceptors (Lipinski definition) is 4. The van der Waals surface area contributed by atoms with Gasteiger partial charge in [-0.15, -0.1) is 0 Å². The van der Waals surface area contributed by atoms with Gasteiger partial charge in [-0.1, -0.05) is 43.6 Å². The van der Waals surface area contributed by atoms with E-state index in [1.165, 1.54) is 17.0 Å². The molecule has 0 unspecified atom stereocenters. The molecule has 1 aliphatic heterocycles. The number of amides is 2. The first kappa shape index (κ1) is 23.7. The number of nitrogens with zero attached hydrogens (tertiary/aromatic N) is 2. The molecule has 0 aliphatic carbocycles. The van der Waals surface area contributed by atoms with Crippen molar-refractivity contribution in [2.24, 2.45) is 16.6 Å². The van der Waals surface area contributed by atoms with Crippen molar-refractivity contribution < 1.29 is 14.0 Å². The molecular formula is C24H28ClFN4O2. The van der Waals surface area contributed by atoms with E-state index in [0.717, 1.165) is 0 Å². The largest absolute Gasteiger partial charge is 0.369 e. The lowest BCUT2D eigenvalue weighted by molar-refractivity contribution is -0.130. The molecule has 0 bridgehead atoms. The molecular weight excluding hydrogens is 431 g/mol. The van der Waals surface area contributed by atoms with Gasteiger partial charge in [-0.25, -0.2) is 9.38 Å². The SMILES string of the molecule is CC(C)[C@]1(C)CC(=O)N(Cc2ccc(Cl)c(C(=O)N[C@@H](C)c3cccc(F)c3)c2)C(N)=N1. The Morgan fingerprint density at radius 2 is 2.00 bits per heavy atom. The van der Waals surface area contributed by atoms with Crippen LogP contribution in [0.25, 0.3) is 0 Å². The van der Waals surface area contributed by atoms with Crippen LogP contribution in [0.3, 0.4) is 0 Å². The first-order valence-corrected chi connectivity index (χ1v) is 10.9. The van der Waals surface area contributed by atoms with Gasteiger partial charge in [0.25, 0.3) is 5.91 Å². The van der Waals surface area contributed by atoms with Gasteiger partial charge < -0.3 is 11.1 Å². The molecule has 0 fully saturated rings. The predicted octanol–water partition coefficient (Wildman–Crippen LogP) is 4.43. The number of nitrogens with one attached hydrogen (secondary N) is 1. The molecule has 3 rings (SSSR count). The van der Waals surface area contributed by atoms with E-state index in [-0.39, 0.29) is 47.2 Å². The highest BCUT2D eigenvalue weighted by molar-refractivity contribution is 6.33. The van der Waals surface area contributed by atoms with Crippen LogP contribution in [-0.2, 0) is 11.3 Å². The Labute approximate surface area is 192 Å². The van der Waals surface area contributed by atoms with Crippen molar-refractivity contribution in [3.8, 4) is 0 Å². The van der Waals surface area contributed by atoms with Gasteiger partial charge in [0, 0.05) is 0 Å². The van der Waals surface area contributed by atoms with Crippen LogP contribution in [0, 0.1) is 11.7 Å². The zero-order valence-corrected chi connectivity index (χ0v) is 19.4. The van der Waals surface area contributed by atoms with Crippen molar-refractivity contribution in [1.29, 1.82) is 0 Å². The normalized spacial score (nSPS) is 19.7. The van der Waals surface area contributed by atoms with Gasteiger partial charge in [0.2, 0.25) is 5.91 Å². The number of nitrogens with two attached hydrogens (primary N) is 1. The van der Waals surface area contributed by atoms with Gasteiger partial charge in [-0.2, -0.15) is 0 Å². The standard InChI is InChI=1S/C24H28ClFN4O2/c1-14(2)24(4)12-21(31)30(23(27)29-24)13-16-8-9-20(25)19(10-16)22(32)28-15(3)17-6-5-7-18(26)11-17/h5-11,14-15H,12-13H2,1-4H3,(H2,27,29)(H,28,32)/t15-,24-/m0/s1. The summed E-state index contributed by atoms with van der Waals surface area (Å²) in [4.78, 5) is 31.6. The first-order valence-electron chi connectivity index (χ1n) is 10.5. The fraction of sp³-hybridized carbons (Fsp3) is 0.375. The molecule has 170 valence electrons. The van der Waals surface area contributed by atoms with Crippen LogP contribution in [0.5, 0.6) is 0 Å². The number of carbonyl (C=O) groups is 2. The minimum Gasteiger partial charge on any atom is -0.369 e. The highest BCUT2D eigenvalue weighted by Crippen LogP contribution is 2.30. The Balaban J connectivity index is 1.78. The van der Waals surface area contributed by atoms with E-state index in [9.17, 15) is 14.0 Å². The fourth-order valence-electron chi connectivity index (χ4n) is 3.55. The van der Waals surface area contributed by atoms with Crippen LogP contribution < -0.4 is 11.1 Å². The van der Waals surface area contributed by atoms with Gasteiger partial charge in [-0.05, 0) is 55.2 Å². The number of aliphatic imine (C=N–C) groups is 1. The summed E-state index contributed by atoms with van der Waals surface area (Å²) < 4.78 is 13.5. The zero-order valence-electron chi connectivity index (χ0n) is 18.7. The van der Waals surface area contributed by atoms with Gasteiger partial charge >= 0.3 is 0 Å². The number of hydrogen-bond donors (Lipinski definition) is 2. The van der Waals surface area contributed by atoms with Crippen LogP contribution >= 0.6 is 11.6 Å². The van der Waals surface area contributed by atoms with Crippen LogP contribution in [0.4, 0.5) is 4.39 Å². The first-order chi connectivity index (χ1) is 15.0. The predicted molar refractivity (Wildman–Crippen MR) is 124 cm³/mol. The van der Waals surface area contributed by atoms with Crippen LogP contribution in [-0.4, -0.2) is 28.2 Å². The molecule has 0 aromatic heterocycles. The topological polar surface area (TPSA) is 87.8 Å². The van der Waals surface area contributed by atoms with E-state index >= 15 is 0 Å². The van der Waals surface area contributed by atoms with E-state index < -0.39 is 17.5 Å². The smallest absolute Gasteiger partial charge is 0.253 e. The van der Waals surface area contributed by atoms with Crippen molar-refractivity contribution >= 4 is 29.4 Å². The summed E-state index contributed by atoms with van der Waals surface area (Å²) in [6.07, 6.45) is 0.261. The molecule has 6 nitrogen and oxygen atoms in total. The van der Waals surface area contributed by atoms with E-state index in [0.29, 0.717) is 11.1 Å². The summed E-state index contributed by atoms with van der Waals surface area (Å²) in [5, 5.41) is 3.11. The van der Waals surface area contributed by atoms with Crippen molar-refractivity contribution in [2.45, 2.75) is 52.2 Å². The second kappa shape index (κ2) is 9.28. The zero-order chi connectivity index (χ0) is 23.6. The van der Waals surface area contributed by atoms with Crippen LogP contribution in [0.2, 0.25) is 5.02 Å². The summed E-state index contributed by atoms with van der Waals surface area (Å²) in [7, 11) is 0. The number of carbonyl (C=O) groups excluding carboxylic acids is 2. The molecule has 32 heavy (non-hydrogen) atoms. The van der Waals surface area contributed by atoms with Crippen molar-refractivity contribution in [2.75, 3.05) is 0 Å². The molecule has 2 aromatic carbocycles. The van der Waals surface area contributed by atoms with E-state index in [1.54, 1.807) is 37.3 Å². The maximum atomic E-state index is 13.5. The van der Waals surface area contributed by atoms with Gasteiger partial charge in [-0.3, -0.25) is 14.5 Å². The van der Waals surface area contributed by atoms with Gasteiger partial charge in [0.1, 0.15) is 5.82 Å².